The molecule has 0 unspecified atom stereocenters. The molecule has 2 amide bonds. The van der Waals surface area contributed by atoms with Gasteiger partial charge in [-0.3, -0.25) is 9.59 Å². The quantitative estimate of drug-likeness (QED) is 0.128. The van der Waals surface area contributed by atoms with Gasteiger partial charge in [0.1, 0.15) is 0 Å². The minimum atomic E-state index is -0.330. The van der Waals surface area contributed by atoms with Crippen LogP contribution in [-0.2, 0) is 9.59 Å². The topological polar surface area (TPSA) is 40.6 Å². The van der Waals surface area contributed by atoms with E-state index in [1.165, 1.54) is 4.90 Å². The number of aryl methyl sites for hydroxylation is 1. The number of carbonyl (C=O) groups is 2. The van der Waals surface area contributed by atoms with Crippen LogP contribution in [0.2, 0.25) is 0 Å². The Kier molecular flexibility index (Phi) is 8.14. The number of nitrogens with zero attached hydrogens (tertiary/aromatic N) is 2. The Morgan fingerprint density at radius 3 is 1.36 bits per heavy atom. The molecule has 6 aromatic rings. The monoisotopic (exact) mass is 608 g/mol. The summed E-state index contributed by atoms with van der Waals surface area (Å²) in [7, 11) is 0. The molecule has 0 fully saturated rings. The first-order valence-electron chi connectivity index (χ1n) is 15.6. The van der Waals surface area contributed by atoms with E-state index in [9.17, 15) is 9.59 Å². The molecule has 0 saturated carbocycles. The first kappa shape index (κ1) is 29.5. The van der Waals surface area contributed by atoms with E-state index in [-0.39, 0.29) is 11.8 Å². The predicted octanol–water partition coefficient (Wildman–Crippen LogP) is 10.1. The smallest absolute Gasteiger partial charge is 0.266 e. The maximum absolute atomic E-state index is 14.3. The van der Waals surface area contributed by atoms with Crippen molar-refractivity contribution in [3.63, 3.8) is 0 Å². The van der Waals surface area contributed by atoms with Gasteiger partial charge in [0.15, 0.2) is 0 Å². The van der Waals surface area contributed by atoms with Crippen molar-refractivity contribution in [1.29, 1.82) is 0 Å². The van der Waals surface area contributed by atoms with Crippen LogP contribution in [0.3, 0.4) is 0 Å². The van der Waals surface area contributed by atoms with Crippen molar-refractivity contribution in [2.75, 3.05) is 9.80 Å². The standard InChI is InChI=1S/C43H32N2O2/c1-31-13-11-12-20-39(31)45-42(46)40(34-25-23-33(24-26-34)22-21-32-14-5-2-6-15-32)41(43(45)47)35-27-29-38(30-28-35)44(36-16-7-3-8-17-36)37-18-9-4-10-19-37/h2-30H,1H3. The summed E-state index contributed by atoms with van der Waals surface area (Å²) in [6.45, 7) is 1.91. The third kappa shape index (κ3) is 5.92. The first-order valence-corrected chi connectivity index (χ1v) is 15.6. The number of amides is 2. The number of para-hydroxylation sites is 3. The summed E-state index contributed by atoms with van der Waals surface area (Å²) < 4.78 is 0. The van der Waals surface area contributed by atoms with Crippen LogP contribution in [0.1, 0.15) is 27.8 Å². The van der Waals surface area contributed by atoms with E-state index in [4.69, 9.17) is 0 Å². The molecule has 4 nitrogen and oxygen atoms in total. The lowest BCUT2D eigenvalue weighted by Crippen LogP contribution is -2.31. The fourth-order valence-corrected chi connectivity index (χ4v) is 5.99. The number of hydrogen-bond acceptors (Lipinski definition) is 3. The van der Waals surface area contributed by atoms with Gasteiger partial charge in [0.2, 0.25) is 0 Å². The summed E-state index contributed by atoms with van der Waals surface area (Å²) in [6, 6.07) is 53.6. The van der Waals surface area contributed by atoms with Crippen molar-refractivity contribution < 1.29 is 9.59 Å². The maximum Gasteiger partial charge on any atom is 0.266 e. The minimum Gasteiger partial charge on any atom is -0.311 e. The zero-order valence-corrected chi connectivity index (χ0v) is 26.0. The first-order chi connectivity index (χ1) is 23.1. The Morgan fingerprint density at radius 1 is 0.447 bits per heavy atom. The van der Waals surface area contributed by atoms with Gasteiger partial charge in [-0.2, -0.15) is 0 Å². The molecule has 1 heterocycles. The Hall–Kier alpha value is -6.26. The summed E-state index contributed by atoms with van der Waals surface area (Å²) >= 11 is 0. The lowest BCUT2D eigenvalue weighted by molar-refractivity contribution is -0.119. The largest absolute Gasteiger partial charge is 0.311 e. The van der Waals surface area contributed by atoms with Crippen LogP contribution in [0, 0.1) is 6.92 Å². The molecule has 0 radical (unpaired) electrons. The number of carbonyl (C=O) groups excluding carboxylic acids is 2. The molecule has 6 aromatic carbocycles. The predicted molar refractivity (Wildman–Crippen MR) is 193 cm³/mol. The van der Waals surface area contributed by atoms with Gasteiger partial charge in [-0.05, 0) is 77.2 Å². The summed E-state index contributed by atoms with van der Waals surface area (Å²) in [6.07, 6.45) is 4.10. The molecule has 0 aliphatic carbocycles. The maximum atomic E-state index is 14.3. The zero-order chi connectivity index (χ0) is 32.2. The van der Waals surface area contributed by atoms with Crippen LogP contribution in [-0.4, -0.2) is 11.8 Å². The second kappa shape index (κ2) is 13.0. The molecule has 0 N–H and O–H groups in total. The Bertz CT molecular complexity index is 2060. The van der Waals surface area contributed by atoms with Crippen molar-refractivity contribution in [3.05, 3.63) is 192 Å². The van der Waals surface area contributed by atoms with Crippen molar-refractivity contribution in [2.45, 2.75) is 6.92 Å². The van der Waals surface area contributed by atoms with E-state index in [2.05, 4.69) is 47.4 Å². The number of hydrogen-bond donors (Lipinski definition) is 0. The van der Waals surface area contributed by atoms with Crippen molar-refractivity contribution >= 4 is 57.9 Å². The van der Waals surface area contributed by atoms with Gasteiger partial charge in [0.25, 0.3) is 11.8 Å². The van der Waals surface area contributed by atoms with Gasteiger partial charge in [-0.15, -0.1) is 0 Å². The summed E-state index contributed by atoms with van der Waals surface area (Å²) in [5.41, 5.74) is 8.70. The van der Waals surface area contributed by atoms with Gasteiger partial charge in [0.05, 0.1) is 16.8 Å². The zero-order valence-electron chi connectivity index (χ0n) is 26.0. The highest BCUT2D eigenvalue weighted by Crippen LogP contribution is 2.41. The Balaban J connectivity index is 1.30. The second-order valence-corrected chi connectivity index (χ2v) is 11.4. The average molecular weight is 609 g/mol. The Labute approximate surface area is 275 Å². The molecule has 7 rings (SSSR count). The van der Waals surface area contributed by atoms with Crippen LogP contribution < -0.4 is 9.80 Å². The van der Waals surface area contributed by atoms with Gasteiger partial charge in [-0.25, -0.2) is 4.90 Å². The molecular weight excluding hydrogens is 576 g/mol. The van der Waals surface area contributed by atoms with E-state index in [1.807, 2.05) is 140 Å². The number of rotatable bonds is 8. The van der Waals surface area contributed by atoms with Crippen LogP contribution in [0.4, 0.5) is 22.7 Å². The SMILES string of the molecule is Cc1ccccc1N1C(=O)C(c2ccc(C=Cc3ccccc3)cc2)=C(c2ccc(N(c3ccccc3)c3ccccc3)cc2)C1=O. The van der Waals surface area contributed by atoms with E-state index in [0.29, 0.717) is 28.0 Å². The average Bonchev–Trinajstić information content (AvgIpc) is 3.38. The fraction of sp³-hybridized carbons (Fsp3) is 0.0233. The van der Waals surface area contributed by atoms with Crippen LogP contribution >= 0.6 is 0 Å². The van der Waals surface area contributed by atoms with E-state index >= 15 is 0 Å². The van der Waals surface area contributed by atoms with Gasteiger partial charge < -0.3 is 4.90 Å². The third-order valence-electron chi connectivity index (χ3n) is 8.35. The highest BCUT2D eigenvalue weighted by Gasteiger charge is 2.41. The molecule has 226 valence electrons. The second-order valence-electron chi connectivity index (χ2n) is 11.4. The molecule has 0 spiro atoms. The van der Waals surface area contributed by atoms with Gasteiger partial charge in [-0.1, -0.05) is 133 Å². The highest BCUT2D eigenvalue weighted by atomic mass is 16.2. The summed E-state index contributed by atoms with van der Waals surface area (Å²) in [4.78, 5) is 32.0. The number of benzene rings is 6. The van der Waals surface area contributed by atoms with Crippen molar-refractivity contribution in [2.24, 2.45) is 0 Å². The number of anilines is 4. The van der Waals surface area contributed by atoms with E-state index in [1.54, 1.807) is 0 Å². The highest BCUT2D eigenvalue weighted by molar-refractivity contribution is 6.57. The van der Waals surface area contributed by atoms with Crippen LogP contribution in [0.15, 0.2) is 164 Å². The summed E-state index contributed by atoms with van der Waals surface area (Å²) in [5.74, 6) is -0.658. The van der Waals surface area contributed by atoms with Crippen molar-refractivity contribution in [3.8, 4) is 0 Å². The van der Waals surface area contributed by atoms with Gasteiger partial charge >= 0.3 is 0 Å². The number of imide groups is 1. The van der Waals surface area contributed by atoms with Crippen molar-refractivity contribution in [1.82, 2.24) is 0 Å². The molecule has 1 aliphatic heterocycles. The molecule has 0 bridgehead atoms. The molecular formula is C43H32N2O2. The van der Waals surface area contributed by atoms with Crippen LogP contribution in [0.5, 0.6) is 0 Å². The van der Waals surface area contributed by atoms with E-state index < -0.39 is 0 Å². The molecule has 1 aliphatic rings. The normalized spacial score (nSPS) is 13.1. The lowest BCUT2D eigenvalue weighted by Gasteiger charge is -2.25. The molecule has 4 heteroatoms. The molecule has 0 atom stereocenters. The Morgan fingerprint density at radius 2 is 0.851 bits per heavy atom. The summed E-state index contributed by atoms with van der Waals surface area (Å²) in [5, 5.41) is 0. The van der Waals surface area contributed by atoms with Crippen LogP contribution in [0.25, 0.3) is 23.3 Å². The third-order valence-corrected chi connectivity index (χ3v) is 8.35. The molecule has 0 aromatic heterocycles. The lowest BCUT2D eigenvalue weighted by atomic mass is 9.95. The molecule has 0 saturated heterocycles. The molecule has 47 heavy (non-hydrogen) atoms. The van der Waals surface area contributed by atoms with Gasteiger partial charge in [0, 0.05) is 17.1 Å². The fourth-order valence-electron chi connectivity index (χ4n) is 5.99. The van der Waals surface area contributed by atoms with E-state index in [0.717, 1.165) is 33.8 Å². The minimum absolute atomic E-state index is 0.328.